The van der Waals surface area contributed by atoms with Crippen molar-refractivity contribution in [1.82, 2.24) is 4.90 Å². The van der Waals surface area contributed by atoms with Crippen LogP contribution in [-0.4, -0.2) is 30.3 Å². The van der Waals surface area contributed by atoms with Gasteiger partial charge in [-0.15, -0.1) is 0 Å². The monoisotopic (exact) mass is 329 g/mol. The van der Waals surface area contributed by atoms with Gasteiger partial charge in [0.15, 0.2) is 5.78 Å². The molecule has 1 aliphatic rings. The maximum absolute atomic E-state index is 12.6. The van der Waals surface area contributed by atoms with Gasteiger partial charge in [-0.05, 0) is 50.3 Å². The summed E-state index contributed by atoms with van der Waals surface area (Å²) in [6.07, 6.45) is 8.59. The van der Waals surface area contributed by atoms with E-state index in [1.165, 1.54) is 45.2 Å². The topological polar surface area (TPSA) is 20.3 Å². The van der Waals surface area contributed by atoms with Crippen molar-refractivity contribution >= 4 is 5.78 Å². The molecular weight excluding hydrogens is 294 g/mol. The summed E-state index contributed by atoms with van der Waals surface area (Å²) in [5, 5.41) is 0. The average molecular weight is 330 g/mol. The van der Waals surface area contributed by atoms with Gasteiger partial charge in [-0.3, -0.25) is 4.79 Å². The summed E-state index contributed by atoms with van der Waals surface area (Å²) < 4.78 is 0. The van der Waals surface area contributed by atoms with E-state index in [-0.39, 0.29) is 0 Å². The third-order valence-corrected chi connectivity index (χ3v) is 5.69. The molecule has 0 radical (unpaired) electrons. The highest BCUT2D eigenvalue weighted by molar-refractivity contribution is 5.97. The minimum atomic E-state index is 0.317. The first kappa shape index (κ1) is 19.2. The number of hydrogen-bond donors (Lipinski definition) is 0. The molecule has 0 N–H and O–H groups in total. The molecule has 0 amide bonds. The molecule has 0 aromatic heterocycles. The van der Waals surface area contributed by atoms with E-state index in [2.05, 4.69) is 18.7 Å². The largest absolute Gasteiger partial charge is 0.303 e. The van der Waals surface area contributed by atoms with Crippen molar-refractivity contribution < 1.29 is 4.79 Å². The number of benzene rings is 1. The molecule has 0 bridgehead atoms. The second kappa shape index (κ2) is 9.98. The number of aryl methyl sites for hydroxylation is 1. The van der Waals surface area contributed by atoms with Crippen molar-refractivity contribution in [3.05, 3.63) is 35.4 Å². The third kappa shape index (κ3) is 5.73. The molecule has 2 heteroatoms. The molecule has 1 aliphatic heterocycles. The van der Waals surface area contributed by atoms with Gasteiger partial charge in [-0.2, -0.15) is 0 Å². The lowest BCUT2D eigenvalue weighted by Crippen LogP contribution is -2.37. The predicted octanol–water partition coefficient (Wildman–Crippen LogP) is 5.50. The van der Waals surface area contributed by atoms with Crippen LogP contribution in [-0.2, 0) is 0 Å². The SMILES string of the molecule is CCCCC1CCN(CC(CC)CC(=O)c2ccccc2C)CC1. The predicted molar refractivity (Wildman–Crippen MR) is 103 cm³/mol. The van der Waals surface area contributed by atoms with Crippen LogP contribution in [0.3, 0.4) is 0 Å². The molecule has 0 saturated carbocycles. The Morgan fingerprint density at radius 3 is 2.54 bits per heavy atom. The summed E-state index contributed by atoms with van der Waals surface area (Å²) in [5.41, 5.74) is 2.02. The molecule has 2 rings (SSSR count). The van der Waals surface area contributed by atoms with Crippen molar-refractivity contribution in [3.63, 3.8) is 0 Å². The molecule has 1 fully saturated rings. The van der Waals surface area contributed by atoms with Crippen molar-refractivity contribution in [1.29, 1.82) is 0 Å². The van der Waals surface area contributed by atoms with E-state index >= 15 is 0 Å². The maximum Gasteiger partial charge on any atom is 0.163 e. The normalized spacial score (nSPS) is 17.8. The van der Waals surface area contributed by atoms with Crippen LogP contribution in [0.15, 0.2) is 24.3 Å². The number of hydrogen-bond acceptors (Lipinski definition) is 2. The van der Waals surface area contributed by atoms with Crippen LogP contribution in [0.2, 0.25) is 0 Å². The van der Waals surface area contributed by atoms with Crippen molar-refractivity contribution in [2.24, 2.45) is 11.8 Å². The van der Waals surface area contributed by atoms with Gasteiger partial charge in [0.2, 0.25) is 0 Å². The number of rotatable bonds is 9. The standard InChI is InChI=1S/C22H35NO/c1-4-6-10-20-12-14-23(15-13-20)17-19(5-2)16-22(24)21-11-8-7-9-18(21)3/h7-9,11,19-20H,4-6,10,12-17H2,1-3H3. The van der Waals surface area contributed by atoms with Crippen LogP contribution >= 0.6 is 0 Å². The summed E-state index contributed by atoms with van der Waals surface area (Å²) >= 11 is 0. The Labute approximate surface area is 148 Å². The van der Waals surface area contributed by atoms with Crippen LogP contribution in [0.4, 0.5) is 0 Å². The molecule has 24 heavy (non-hydrogen) atoms. The molecule has 1 aromatic carbocycles. The summed E-state index contributed by atoms with van der Waals surface area (Å²) in [6, 6.07) is 7.99. The Morgan fingerprint density at radius 2 is 1.92 bits per heavy atom. The first-order valence-electron chi connectivity index (χ1n) is 9.95. The Bertz CT molecular complexity index is 502. The minimum Gasteiger partial charge on any atom is -0.303 e. The summed E-state index contributed by atoms with van der Waals surface area (Å²) in [6.45, 7) is 10.1. The molecule has 1 saturated heterocycles. The van der Waals surface area contributed by atoms with E-state index in [1.807, 2.05) is 31.2 Å². The Morgan fingerprint density at radius 1 is 1.21 bits per heavy atom. The zero-order chi connectivity index (χ0) is 17.4. The molecular formula is C22H35NO. The molecule has 0 spiro atoms. The van der Waals surface area contributed by atoms with Gasteiger partial charge in [0.1, 0.15) is 0 Å². The molecule has 2 nitrogen and oxygen atoms in total. The van der Waals surface area contributed by atoms with Gasteiger partial charge in [0.05, 0.1) is 0 Å². The number of likely N-dealkylation sites (tertiary alicyclic amines) is 1. The summed E-state index contributed by atoms with van der Waals surface area (Å²) in [7, 11) is 0. The highest BCUT2D eigenvalue weighted by atomic mass is 16.1. The van der Waals surface area contributed by atoms with Gasteiger partial charge in [-0.25, -0.2) is 0 Å². The second-order valence-electron chi connectivity index (χ2n) is 7.60. The van der Waals surface area contributed by atoms with E-state index in [0.29, 0.717) is 18.1 Å². The number of piperidine rings is 1. The van der Waals surface area contributed by atoms with E-state index < -0.39 is 0 Å². The number of carbonyl (C=O) groups is 1. The Kier molecular flexibility index (Phi) is 7.98. The zero-order valence-corrected chi connectivity index (χ0v) is 15.9. The van der Waals surface area contributed by atoms with Gasteiger partial charge in [0, 0.05) is 18.5 Å². The van der Waals surface area contributed by atoms with E-state index in [0.717, 1.165) is 30.0 Å². The Balaban J connectivity index is 1.80. The first-order valence-corrected chi connectivity index (χ1v) is 9.95. The summed E-state index contributed by atoms with van der Waals surface area (Å²) in [5.74, 6) is 1.75. The highest BCUT2D eigenvalue weighted by Crippen LogP contribution is 2.24. The summed E-state index contributed by atoms with van der Waals surface area (Å²) in [4.78, 5) is 15.2. The van der Waals surface area contributed by atoms with E-state index in [4.69, 9.17) is 0 Å². The smallest absolute Gasteiger partial charge is 0.163 e. The number of Topliss-reactive ketones (excluding diaryl/α,β-unsaturated/α-hetero) is 1. The molecule has 1 atom stereocenters. The molecule has 1 unspecified atom stereocenters. The Hall–Kier alpha value is -1.15. The lowest BCUT2D eigenvalue weighted by Gasteiger charge is -2.34. The molecule has 1 heterocycles. The highest BCUT2D eigenvalue weighted by Gasteiger charge is 2.22. The molecule has 1 aromatic rings. The van der Waals surface area contributed by atoms with Crippen LogP contribution in [0.25, 0.3) is 0 Å². The van der Waals surface area contributed by atoms with Gasteiger partial charge in [-0.1, -0.05) is 63.8 Å². The van der Waals surface area contributed by atoms with Crippen molar-refractivity contribution in [2.45, 2.75) is 65.7 Å². The second-order valence-corrected chi connectivity index (χ2v) is 7.60. The average Bonchev–Trinajstić information content (AvgIpc) is 2.60. The van der Waals surface area contributed by atoms with Crippen LogP contribution in [0.5, 0.6) is 0 Å². The van der Waals surface area contributed by atoms with Gasteiger partial charge in [0.25, 0.3) is 0 Å². The lowest BCUT2D eigenvalue weighted by molar-refractivity contribution is 0.0928. The fourth-order valence-corrected chi connectivity index (χ4v) is 3.91. The van der Waals surface area contributed by atoms with Crippen molar-refractivity contribution in [3.8, 4) is 0 Å². The number of unbranched alkanes of at least 4 members (excludes halogenated alkanes) is 1. The van der Waals surface area contributed by atoms with Gasteiger partial charge < -0.3 is 4.90 Å². The number of ketones is 1. The molecule has 0 aliphatic carbocycles. The number of nitrogens with zero attached hydrogens (tertiary/aromatic N) is 1. The number of carbonyl (C=O) groups excluding carboxylic acids is 1. The van der Waals surface area contributed by atoms with Crippen LogP contribution in [0.1, 0.15) is 74.7 Å². The van der Waals surface area contributed by atoms with Crippen LogP contribution < -0.4 is 0 Å². The lowest BCUT2D eigenvalue weighted by atomic mass is 9.89. The van der Waals surface area contributed by atoms with Crippen LogP contribution in [0, 0.1) is 18.8 Å². The third-order valence-electron chi connectivity index (χ3n) is 5.69. The van der Waals surface area contributed by atoms with Crippen molar-refractivity contribution in [2.75, 3.05) is 19.6 Å². The fraction of sp³-hybridized carbons (Fsp3) is 0.682. The maximum atomic E-state index is 12.6. The first-order chi connectivity index (χ1) is 11.6. The van der Waals surface area contributed by atoms with Gasteiger partial charge >= 0.3 is 0 Å². The minimum absolute atomic E-state index is 0.317. The van der Waals surface area contributed by atoms with E-state index in [9.17, 15) is 4.79 Å². The quantitative estimate of drug-likeness (QED) is 0.558. The van der Waals surface area contributed by atoms with E-state index in [1.54, 1.807) is 0 Å². The molecule has 134 valence electrons. The fourth-order valence-electron chi connectivity index (χ4n) is 3.91. The zero-order valence-electron chi connectivity index (χ0n) is 15.9.